The summed E-state index contributed by atoms with van der Waals surface area (Å²) in [5.41, 5.74) is 20.0. The summed E-state index contributed by atoms with van der Waals surface area (Å²) in [5.74, 6) is 0. The Labute approximate surface area is 438 Å². The highest BCUT2D eigenvalue weighted by Gasteiger charge is 2.35. The van der Waals surface area contributed by atoms with E-state index in [2.05, 4.69) is 264 Å². The number of aryl methyl sites for hydroxylation is 4. The maximum atomic E-state index is 12.8. The number of aromatic nitrogens is 5. The molecule has 0 radical (unpaired) electrons. The van der Waals surface area contributed by atoms with Crippen LogP contribution in [0.15, 0.2) is 218 Å². The highest BCUT2D eigenvalue weighted by atomic mass is 15.1. The van der Waals surface area contributed by atoms with Crippen LogP contribution in [0.5, 0.6) is 0 Å². The third-order valence-corrected chi connectivity index (χ3v) is 15.8. The van der Waals surface area contributed by atoms with Gasteiger partial charge in [0.2, 0.25) is 0 Å². The molecule has 0 unspecified atom stereocenters. The van der Waals surface area contributed by atoms with Crippen molar-refractivity contribution in [3.05, 3.63) is 246 Å². The van der Waals surface area contributed by atoms with Gasteiger partial charge < -0.3 is 18.3 Å². The molecule has 0 spiro atoms. The zero-order chi connectivity index (χ0) is 50.9. The Kier molecular flexibility index (Phi) is 9.48. The topological polar surface area (TPSA) is 56.4 Å². The van der Waals surface area contributed by atoms with Crippen molar-refractivity contribution < 1.29 is 0 Å². The second-order valence-corrected chi connectivity index (χ2v) is 20.5. The lowest BCUT2D eigenvalue weighted by atomic mass is 9.94. The fourth-order valence-electron chi connectivity index (χ4n) is 12.6. The van der Waals surface area contributed by atoms with Crippen molar-refractivity contribution in [2.75, 3.05) is 0 Å². The van der Waals surface area contributed by atoms with Gasteiger partial charge in [0, 0.05) is 54.2 Å². The number of hydrogen-bond acceptors (Lipinski definition) is 2. The Bertz CT molecular complexity index is 4990. The number of nitriles is 1. The first-order valence-electron chi connectivity index (χ1n) is 26.0. The third kappa shape index (κ3) is 6.23. The number of hydrogen-bond donors (Lipinski definition) is 0. The predicted molar refractivity (Wildman–Crippen MR) is 316 cm³/mol. The molecular formula is C70H48N6. The summed E-state index contributed by atoms with van der Waals surface area (Å²) in [7, 11) is 0. The van der Waals surface area contributed by atoms with Crippen LogP contribution in [-0.4, -0.2) is 23.3 Å². The molecule has 0 aliphatic rings. The maximum absolute atomic E-state index is 12.8. The molecule has 6 nitrogen and oxygen atoms in total. The molecular weight excluding hydrogens is 925 g/mol. The molecule has 15 aromatic rings. The lowest BCUT2D eigenvalue weighted by molar-refractivity contribution is 1.02. The van der Waals surface area contributed by atoms with Gasteiger partial charge in [-0.05, 0) is 113 Å². The van der Waals surface area contributed by atoms with Crippen molar-refractivity contribution in [1.29, 1.82) is 5.26 Å². The van der Waals surface area contributed by atoms with E-state index >= 15 is 0 Å². The summed E-state index contributed by atoms with van der Waals surface area (Å²) >= 11 is 0. The quantitative estimate of drug-likeness (QED) is 0.167. The van der Waals surface area contributed by atoms with E-state index in [1.807, 2.05) is 6.07 Å². The minimum Gasteiger partial charge on any atom is -0.306 e. The molecule has 0 bridgehead atoms. The normalized spacial score (nSPS) is 11.9. The van der Waals surface area contributed by atoms with E-state index < -0.39 is 0 Å². The van der Waals surface area contributed by atoms with Crippen LogP contribution in [0.3, 0.4) is 0 Å². The Balaban J connectivity index is 1.32. The van der Waals surface area contributed by atoms with Gasteiger partial charge in [0.1, 0.15) is 6.07 Å². The van der Waals surface area contributed by atoms with Crippen LogP contribution in [0, 0.1) is 39.0 Å². The second-order valence-electron chi connectivity index (χ2n) is 20.5. The zero-order valence-corrected chi connectivity index (χ0v) is 42.5. The van der Waals surface area contributed by atoms with E-state index in [9.17, 15) is 5.26 Å². The van der Waals surface area contributed by atoms with Gasteiger partial charge in [-0.25, -0.2) is 4.98 Å². The highest BCUT2D eigenvalue weighted by Crippen LogP contribution is 2.52. The monoisotopic (exact) mass is 972 g/mol. The SMILES string of the molecule is Cc1ccc2c(c1)c1ccccc1n2-c1c(C#N)c(-c2cccc(-c3ccccc3)n2)c(-n2c3ccccc3c3cc(C)ccc32)c(-n2c3ccccc3c3cc(C)ccc32)c1-n1c2ccccc2c2cc(C)ccc21. The molecule has 0 N–H and O–H groups in total. The number of nitrogens with zero attached hydrogens (tertiary/aromatic N) is 6. The van der Waals surface area contributed by atoms with Crippen LogP contribution >= 0.6 is 0 Å². The fourth-order valence-corrected chi connectivity index (χ4v) is 12.6. The van der Waals surface area contributed by atoms with Gasteiger partial charge in [-0.3, -0.25) is 0 Å². The first-order chi connectivity index (χ1) is 37.3. The number of para-hydroxylation sites is 4. The number of fused-ring (bicyclic) bond motifs is 12. The number of pyridine rings is 1. The third-order valence-electron chi connectivity index (χ3n) is 15.8. The van der Waals surface area contributed by atoms with Gasteiger partial charge >= 0.3 is 0 Å². The molecule has 15 rings (SSSR count). The van der Waals surface area contributed by atoms with Gasteiger partial charge in [0.15, 0.2) is 0 Å². The summed E-state index contributed by atoms with van der Waals surface area (Å²) in [5, 5.41) is 21.8. The molecule has 5 aromatic heterocycles. The molecule has 0 amide bonds. The summed E-state index contributed by atoms with van der Waals surface area (Å²) < 4.78 is 9.81. The molecule has 5 heterocycles. The molecule has 0 fully saturated rings. The molecule has 10 aromatic carbocycles. The fraction of sp³-hybridized carbons (Fsp3) is 0.0571. The Morgan fingerprint density at radius 3 is 1.04 bits per heavy atom. The Morgan fingerprint density at radius 1 is 0.303 bits per heavy atom. The predicted octanol–water partition coefficient (Wildman–Crippen LogP) is 17.9. The van der Waals surface area contributed by atoms with E-state index in [-0.39, 0.29) is 0 Å². The smallest absolute Gasteiger partial charge is 0.102 e. The van der Waals surface area contributed by atoms with Gasteiger partial charge in [0.05, 0.1) is 83.8 Å². The largest absolute Gasteiger partial charge is 0.306 e. The van der Waals surface area contributed by atoms with Crippen molar-refractivity contribution >= 4 is 87.2 Å². The molecule has 0 aliphatic carbocycles. The summed E-state index contributed by atoms with van der Waals surface area (Å²) in [6, 6.07) is 81.9. The summed E-state index contributed by atoms with van der Waals surface area (Å²) in [6.45, 7) is 8.67. The van der Waals surface area contributed by atoms with E-state index in [1.165, 1.54) is 16.7 Å². The van der Waals surface area contributed by atoms with E-state index in [1.54, 1.807) is 0 Å². The van der Waals surface area contributed by atoms with Crippen molar-refractivity contribution in [3.8, 4) is 51.3 Å². The van der Waals surface area contributed by atoms with E-state index in [4.69, 9.17) is 4.98 Å². The first kappa shape index (κ1) is 43.6. The second kappa shape index (κ2) is 16.5. The van der Waals surface area contributed by atoms with Gasteiger partial charge in [-0.1, -0.05) is 156 Å². The zero-order valence-electron chi connectivity index (χ0n) is 42.5. The van der Waals surface area contributed by atoms with Crippen LogP contribution in [0.2, 0.25) is 0 Å². The lowest BCUT2D eigenvalue weighted by Gasteiger charge is -2.29. The van der Waals surface area contributed by atoms with Crippen LogP contribution in [0.25, 0.3) is 132 Å². The van der Waals surface area contributed by atoms with Crippen LogP contribution in [0.4, 0.5) is 0 Å². The average Bonchev–Trinajstić information content (AvgIpc) is 4.34. The maximum Gasteiger partial charge on any atom is 0.102 e. The van der Waals surface area contributed by atoms with Crippen LogP contribution < -0.4 is 0 Å². The van der Waals surface area contributed by atoms with E-state index in [0.29, 0.717) is 11.3 Å². The minimum atomic E-state index is 0.502. The van der Waals surface area contributed by atoms with Crippen LogP contribution in [0.1, 0.15) is 27.8 Å². The minimum absolute atomic E-state index is 0.502. The standard InChI is InChI=1S/C70H48N6/c1-42-29-33-62-51(37-42)47-19-8-12-25-58(47)73(62)67-55(41-71)66(57-24-16-23-56(72-57)46-17-6-5-7-18-46)68(74-59-26-13-9-20-48(59)52-38-43(2)30-34-63(52)74)70(76-61-28-15-11-22-50(61)54-40-45(4)32-36-65(54)76)69(67)75-60-27-14-10-21-49(60)53-39-44(3)31-35-64(53)75/h5-40H,1-4H3. The van der Waals surface area contributed by atoms with Crippen molar-refractivity contribution in [3.63, 3.8) is 0 Å². The van der Waals surface area contributed by atoms with Crippen LogP contribution in [-0.2, 0) is 0 Å². The Hall–Kier alpha value is -9.96. The van der Waals surface area contributed by atoms with Gasteiger partial charge in [-0.15, -0.1) is 0 Å². The van der Waals surface area contributed by atoms with Gasteiger partial charge in [0.25, 0.3) is 0 Å². The number of benzene rings is 10. The molecule has 6 heteroatoms. The molecule has 0 aliphatic heterocycles. The van der Waals surface area contributed by atoms with E-state index in [0.717, 1.165) is 132 Å². The Morgan fingerprint density at radius 2 is 0.632 bits per heavy atom. The summed E-state index contributed by atoms with van der Waals surface area (Å²) in [6.07, 6.45) is 0. The average molecular weight is 973 g/mol. The van der Waals surface area contributed by atoms with Crippen molar-refractivity contribution in [1.82, 2.24) is 23.3 Å². The molecule has 358 valence electrons. The lowest BCUT2D eigenvalue weighted by Crippen LogP contribution is -2.17. The number of rotatable bonds is 6. The molecule has 76 heavy (non-hydrogen) atoms. The summed E-state index contributed by atoms with van der Waals surface area (Å²) in [4.78, 5) is 5.70. The van der Waals surface area contributed by atoms with Crippen molar-refractivity contribution in [2.45, 2.75) is 27.7 Å². The highest BCUT2D eigenvalue weighted by molar-refractivity contribution is 6.17. The molecule has 0 saturated heterocycles. The first-order valence-corrected chi connectivity index (χ1v) is 26.0. The molecule has 0 atom stereocenters. The molecule has 0 saturated carbocycles. The van der Waals surface area contributed by atoms with Gasteiger partial charge in [-0.2, -0.15) is 5.26 Å². The van der Waals surface area contributed by atoms with Crippen molar-refractivity contribution in [2.24, 2.45) is 0 Å².